The molecule has 0 spiro atoms. The molecule has 0 unspecified atom stereocenters. The minimum atomic E-state index is 0.0610. The lowest BCUT2D eigenvalue weighted by Crippen LogP contribution is -2.10. The second kappa shape index (κ2) is 10.4. The third kappa shape index (κ3) is 5.13. The van der Waals surface area contributed by atoms with Gasteiger partial charge < -0.3 is 14.2 Å². The first kappa shape index (κ1) is 18.7. The van der Waals surface area contributed by atoms with Crippen molar-refractivity contribution in [3.05, 3.63) is 17.7 Å². The van der Waals surface area contributed by atoms with Crippen LogP contribution in [0.5, 0.6) is 17.2 Å². The maximum atomic E-state index is 12.4. The summed E-state index contributed by atoms with van der Waals surface area (Å²) in [5.74, 6) is 3.13. The summed E-state index contributed by atoms with van der Waals surface area (Å²) >= 11 is 1.64. The zero-order valence-corrected chi connectivity index (χ0v) is 14.8. The van der Waals surface area contributed by atoms with Gasteiger partial charge in [0.25, 0.3) is 0 Å². The molecule has 1 rings (SSSR count). The third-order valence-electron chi connectivity index (χ3n) is 2.84. The lowest BCUT2D eigenvalue weighted by Gasteiger charge is -2.18. The van der Waals surface area contributed by atoms with E-state index in [4.69, 9.17) is 14.2 Å². The number of rotatable bonds is 11. The summed E-state index contributed by atoms with van der Waals surface area (Å²) in [5.41, 5.74) is 0.567. The molecule has 1 aromatic rings. The predicted octanol–water partition coefficient (Wildman–Crippen LogP) is 4.21. The smallest absolute Gasteiger partial charge is 0.204 e. The molecular weight excluding hydrogens is 300 g/mol. The van der Waals surface area contributed by atoms with E-state index in [0.717, 1.165) is 12.2 Å². The van der Waals surface area contributed by atoms with Crippen molar-refractivity contribution in [2.24, 2.45) is 0 Å². The SMILES string of the molecule is CCCSCC(=O)c1ccc(OCC)c(OCC)c1OCC. The van der Waals surface area contributed by atoms with Crippen LogP contribution in [-0.2, 0) is 0 Å². The summed E-state index contributed by atoms with van der Waals surface area (Å²) in [4.78, 5) is 12.4. The molecule has 124 valence electrons. The molecule has 0 aromatic heterocycles. The van der Waals surface area contributed by atoms with Crippen LogP contribution in [0.4, 0.5) is 0 Å². The van der Waals surface area contributed by atoms with Crippen LogP contribution in [0.1, 0.15) is 44.5 Å². The summed E-state index contributed by atoms with van der Waals surface area (Å²) in [6.45, 7) is 9.30. The first-order valence-corrected chi connectivity index (χ1v) is 9.01. The van der Waals surface area contributed by atoms with Gasteiger partial charge in [0.1, 0.15) is 0 Å². The van der Waals surface area contributed by atoms with Crippen molar-refractivity contribution in [2.75, 3.05) is 31.3 Å². The van der Waals surface area contributed by atoms with Gasteiger partial charge >= 0.3 is 0 Å². The highest BCUT2D eigenvalue weighted by atomic mass is 32.2. The summed E-state index contributed by atoms with van der Waals surface area (Å²) in [7, 11) is 0. The van der Waals surface area contributed by atoms with E-state index in [1.54, 1.807) is 23.9 Å². The van der Waals surface area contributed by atoms with Crippen molar-refractivity contribution in [3.63, 3.8) is 0 Å². The third-order valence-corrected chi connectivity index (χ3v) is 4.00. The van der Waals surface area contributed by atoms with Gasteiger partial charge in [-0.2, -0.15) is 11.8 Å². The highest BCUT2D eigenvalue weighted by molar-refractivity contribution is 7.99. The van der Waals surface area contributed by atoms with E-state index in [2.05, 4.69) is 6.92 Å². The summed E-state index contributed by atoms with van der Waals surface area (Å²) in [5, 5.41) is 0. The topological polar surface area (TPSA) is 44.8 Å². The second-order valence-corrected chi connectivity index (χ2v) is 5.65. The highest BCUT2D eigenvalue weighted by Gasteiger charge is 2.21. The van der Waals surface area contributed by atoms with Gasteiger partial charge in [-0.15, -0.1) is 0 Å². The Morgan fingerprint density at radius 1 is 0.955 bits per heavy atom. The first-order valence-electron chi connectivity index (χ1n) is 7.85. The van der Waals surface area contributed by atoms with E-state index >= 15 is 0 Å². The molecule has 4 nitrogen and oxygen atoms in total. The molecule has 0 saturated heterocycles. The molecular formula is C17H26O4S. The maximum Gasteiger partial charge on any atom is 0.204 e. The summed E-state index contributed by atoms with van der Waals surface area (Å²) in [6, 6.07) is 3.56. The van der Waals surface area contributed by atoms with Crippen LogP contribution in [0.3, 0.4) is 0 Å². The lowest BCUT2D eigenvalue weighted by atomic mass is 10.1. The zero-order chi connectivity index (χ0) is 16.4. The molecule has 5 heteroatoms. The number of thioether (sulfide) groups is 1. The Balaban J connectivity index is 3.14. The van der Waals surface area contributed by atoms with Crippen LogP contribution >= 0.6 is 11.8 Å². The fourth-order valence-electron chi connectivity index (χ4n) is 1.99. The van der Waals surface area contributed by atoms with E-state index in [9.17, 15) is 4.79 Å². The van der Waals surface area contributed by atoms with Crippen LogP contribution in [-0.4, -0.2) is 37.1 Å². The molecule has 0 bridgehead atoms. The maximum absolute atomic E-state index is 12.4. The van der Waals surface area contributed by atoms with Gasteiger partial charge in [-0.05, 0) is 45.1 Å². The van der Waals surface area contributed by atoms with Gasteiger partial charge in [-0.3, -0.25) is 4.79 Å². The van der Waals surface area contributed by atoms with Crippen molar-refractivity contribution in [2.45, 2.75) is 34.1 Å². The molecule has 0 N–H and O–H groups in total. The molecule has 0 atom stereocenters. The zero-order valence-electron chi connectivity index (χ0n) is 13.9. The molecule has 0 amide bonds. The highest BCUT2D eigenvalue weighted by Crippen LogP contribution is 2.41. The van der Waals surface area contributed by atoms with Crippen molar-refractivity contribution < 1.29 is 19.0 Å². The monoisotopic (exact) mass is 326 g/mol. The van der Waals surface area contributed by atoms with Crippen LogP contribution in [0.25, 0.3) is 0 Å². The van der Waals surface area contributed by atoms with Gasteiger partial charge in [0.15, 0.2) is 17.3 Å². The van der Waals surface area contributed by atoms with Gasteiger partial charge in [0.05, 0.1) is 31.1 Å². The fraction of sp³-hybridized carbons (Fsp3) is 0.588. The van der Waals surface area contributed by atoms with Gasteiger partial charge in [0.2, 0.25) is 5.75 Å². The van der Waals surface area contributed by atoms with Crippen molar-refractivity contribution >= 4 is 17.5 Å². The Labute approximate surface area is 137 Å². The minimum absolute atomic E-state index is 0.0610. The predicted molar refractivity (Wildman–Crippen MR) is 91.9 cm³/mol. The number of ketones is 1. The molecule has 22 heavy (non-hydrogen) atoms. The Morgan fingerprint density at radius 3 is 2.18 bits per heavy atom. The number of ether oxygens (including phenoxy) is 3. The Morgan fingerprint density at radius 2 is 1.59 bits per heavy atom. The minimum Gasteiger partial charge on any atom is -0.490 e. The van der Waals surface area contributed by atoms with E-state index in [0.29, 0.717) is 48.4 Å². The van der Waals surface area contributed by atoms with Crippen molar-refractivity contribution in [1.82, 2.24) is 0 Å². The Bertz CT molecular complexity index is 474. The number of hydrogen-bond acceptors (Lipinski definition) is 5. The molecule has 0 heterocycles. The van der Waals surface area contributed by atoms with Gasteiger partial charge in [-0.1, -0.05) is 6.92 Å². The molecule has 1 aromatic carbocycles. The van der Waals surface area contributed by atoms with Crippen LogP contribution in [0.2, 0.25) is 0 Å². The standard InChI is InChI=1S/C17H26O4S/c1-5-11-22-12-14(18)13-9-10-15(19-6-2)17(21-8-4)16(13)20-7-3/h9-10H,5-8,11-12H2,1-4H3. The van der Waals surface area contributed by atoms with Gasteiger partial charge in [-0.25, -0.2) is 0 Å². The quantitative estimate of drug-likeness (QED) is 0.450. The number of Topliss-reactive ketones (excluding diaryl/α,β-unsaturated/α-hetero) is 1. The summed E-state index contributed by atoms with van der Waals surface area (Å²) < 4.78 is 17.0. The van der Waals surface area contributed by atoms with E-state index in [1.807, 2.05) is 20.8 Å². The molecule has 0 aliphatic heterocycles. The van der Waals surface area contributed by atoms with Crippen LogP contribution < -0.4 is 14.2 Å². The summed E-state index contributed by atoms with van der Waals surface area (Å²) in [6.07, 6.45) is 1.06. The average Bonchev–Trinajstić information content (AvgIpc) is 2.51. The molecule has 0 radical (unpaired) electrons. The van der Waals surface area contributed by atoms with Crippen molar-refractivity contribution in [1.29, 1.82) is 0 Å². The van der Waals surface area contributed by atoms with E-state index < -0.39 is 0 Å². The second-order valence-electron chi connectivity index (χ2n) is 4.54. The number of benzene rings is 1. The fourth-order valence-corrected chi connectivity index (χ4v) is 2.76. The van der Waals surface area contributed by atoms with Crippen LogP contribution in [0.15, 0.2) is 12.1 Å². The molecule has 0 fully saturated rings. The van der Waals surface area contributed by atoms with Crippen LogP contribution in [0, 0.1) is 0 Å². The number of carbonyl (C=O) groups excluding carboxylic acids is 1. The first-order chi connectivity index (χ1) is 10.7. The largest absolute Gasteiger partial charge is 0.490 e. The Kier molecular flexibility index (Phi) is 8.82. The van der Waals surface area contributed by atoms with Gasteiger partial charge in [0, 0.05) is 0 Å². The Hall–Kier alpha value is -1.36. The van der Waals surface area contributed by atoms with E-state index in [-0.39, 0.29) is 5.78 Å². The van der Waals surface area contributed by atoms with E-state index in [1.165, 1.54) is 0 Å². The lowest BCUT2D eigenvalue weighted by molar-refractivity contribution is 0.101. The molecule has 0 aliphatic rings. The number of hydrogen-bond donors (Lipinski definition) is 0. The normalized spacial score (nSPS) is 10.4. The molecule has 0 aliphatic carbocycles. The van der Waals surface area contributed by atoms with Crippen molar-refractivity contribution in [3.8, 4) is 17.2 Å². The number of carbonyl (C=O) groups is 1. The molecule has 0 saturated carbocycles. The average molecular weight is 326 g/mol.